The highest BCUT2D eigenvalue weighted by molar-refractivity contribution is 7.99. The molecule has 1 aromatic carbocycles. The molecule has 27 heavy (non-hydrogen) atoms. The first-order valence-corrected chi connectivity index (χ1v) is 10.5. The highest BCUT2D eigenvalue weighted by Gasteiger charge is 2.30. The number of carbonyl (C=O) groups excluding carboxylic acids is 1. The van der Waals surface area contributed by atoms with Gasteiger partial charge in [0.15, 0.2) is 5.16 Å². The van der Waals surface area contributed by atoms with Gasteiger partial charge in [0.1, 0.15) is 16.9 Å². The van der Waals surface area contributed by atoms with Gasteiger partial charge in [-0.05, 0) is 29.9 Å². The second-order valence-corrected chi connectivity index (χ2v) is 8.16. The summed E-state index contributed by atoms with van der Waals surface area (Å²) < 4.78 is 2.12. The average molecular weight is 396 g/mol. The Labute approximate surface area is 165 Å². The molecule has 0 radical (unpaired) electrons. The Hall–Kier alpha value is -2.63. The van der Waals surface area contributed by atoms with Crippen LogP contribution in [0, 0.1) is 11.3 Å². The number of amides is 1. The number of thioether (sulfide) groups is 1. The van der Waals surface area contributed by atoms with Crippen LogP contribution >= 0.6 is 23.1 Å². The number of aromatic nitrogens is 3. The molecule has 1 amide bonds. The lowest BCUT2D eigenvalue weighted by Gasteiger charge is -2.10. The lowest BCUT2D eigenvalue weighted by atomic mass is 10.2. The first kappa shape index (κ1) is 17.8. The molecule has 2 aromatic heterocycles. The summed E-state index contributed by atoms with van der Waals surface area (Å²) in [5, 5.41) is 23.7. The van der Waals surface area contributed by atoms with Crippen LogP contribution in [0.5, 0.6) is 0 Å². The summed E-state index contributed by atoms with van der Waals surface area (Å²) in [5.74, 6) is 1.56. The summed E-state index contributed by atoms with van der Waals surface area (Å²) in [5.41, 5.74) is 1.67. The summed E-state index contributed by atoms with van der Waals surface area (Å²) in [6.45, 7) is 0.702. The van der Waals surface area contributed by atoms with E-state index in [0.29, 0.717) is 23.0 Å². The van der Waals surface area contributed by atoms with Crippen molar-refractivity contribution in [2.75, 3.05) is 11.1 Å². The summed E-state index contributed by atoms with van der Waals surface area (Å²) >= 11 is 2.72. The monoisotopic (exact) mass is 395 g/mol. The Morgan fingerprint density at radius 1 is 1.30 bits per heavy atom. The predicted octanol–water partition coefficient (Wildman–Crippen LogP) is 3.87. The zero-order valence-electron chi connectivity index (χ0n) is 14.5. The van der Waals surface area contributed by atoms with E-state index in [4.69, 9.17) is 5.26 Å². The molecule has 4 rings (SSSR count). The highest BCUT2D eigenvalue weighted by Crippen LogP contribution is 2.40. The van der Waals surface area contributed by atoms with Gasteiger partial charge in [-0.25, -0.2) is 0 Å². The SMILES string of the molecule is N#Cc1ccsc1NC(=O)CSc1nnc(C2CC2)n1Cc1ccccc1. The minimum absolute atomic E-state index is 0.152. The van der Waals surface area contributed by atoms with Gasteiger partial charge < -0.3 is 9.88 Å². The largest absolute Gasteiger partial charge is 0.316 e. The fourth-order valence-electron chi connectivity index (χ4n) is 2.75. The van der Waals surface area contributed by atoms with Gasteiger partial charge in [0.05, 0.1) is 17.9 Å². The Balaban J connectivity index is 1.45. The zero-order valence-corrected chi connectivity index (χ0v) is 16.1. The van der Waals surface area contributed by atoms with Crippen molar-refractivity contribution in [3.05, 3.63) is 58.7 Å². The van der Waals surface area contributed by atoms with E-state index in [1.807, 2.05) is 18.2 Å². The second-order valence-electron chi connectivity index (χ2n) is 6.30. The lowest BCUT2D eigenvalue weighted by molar-refractivity contribution is -0.113. The van der Waals surface area contributed by atoms with Crippen LogP contribution < -0.4 is 5.32 Å². The van der Waals surface area contributed by atoms with Gasteiger partial charge in [-0.3, -0.25) is 4.79 Å². The average Bonchev–Trinajstić information content (AvgIpc) is 3.31. The number of nitrogens with zero attached hydrogens (tertiary/aromatic N) is 4. The molecular formula is C19H17N5OS2. The Bertz CT molecular complexity index is 985. The third-order valence-corrected chi connectivity index (χ3v) is 6.04. The third-order valence-electron chi connectivity index (χ3n) is 4.24. The van der Waals surface area contributed by atoms with E-state index < -0.39 is 0 Å². The van der Waals surface area contributed by atoms with E-state index in [0.717, 1.165) is 23.8 Å². The van der Waals surface area contributed by atoms with Crippen LogP contribution in [0.3, 0.4) is 0 Å². The number of benzene rings is 1. The molecule has 0 unspecified atom stereocenters. The highest BCUT2D eigenvalue weighted by atomic mass is 32.2. The summed E-state index contributed by atoms with van der Waals surface area (Å²) in [4.78, 5) is 12.3. The third kappa shape index (κ3) is 4.21. The van der Waals surface area contributed by atoms with E-state index in [9.17, 15) is 4.79 Å². The number of rotatable bonds is 7. The first-order chi connectivity index (χ1) is 13.2. The first-order valence-electron chi connectivity index (χ1n) is 8.62. The molecule has 0 spiro atoms. The number of hydrogen-bond acceptors (Lipinski definition) is 6. The molecule has 3 aromatic rings. The van der Waals surface area contributed by atoms with Crippen molar-refractivity contribution in [2.24, 2.45) is 0 Å². The number of nitrogens with one attached hydrogen (secondary N) is 1. The Kier molecular flexibility index (Phi) is 5.23. The van der Waals surface area contributed by atoms with Crippen molar-refractivity contribution in [3.8, 4) is 6.07 Å². The lowest BCUT2D eigenvalue weighted by Crippen LogP contribution is -2.14. The number of carbonyl (C=O) groups is 1. The van der Waals surface area contributed by atoms with Crippen LogP contribution in [0.1, 0.15) is 35.7 Å². The van der Waals surface area contributed by atoms with Crippen LogP contribution in [0.2, 0.25) is 0 Å². The Morgan fingerprint density at radius 3 is 2.85 bits per heavy atom. The van der Waals surface area contributed by atoms with Gasteiger partial charge in [-0.2, -0.15) is 5.26 Å². The van der Waals surface area contributed by atoms with E-state index in [1.54, 1.807) is 11.4 Å². The molecule has 1 aliphatic carbocycles. The fraction of sp³-hybridized carbons (Fsp3) is 0.263. The van der Waals surface area contributed by atoms with Crippen molar-refractivity contribution < 1.29 is 4.79 Å². The number of hydrogen-bond donors (Lipinski definition) is 1. The molecular weight excluding hydrogens is 378 g/mol. The maximum absolute atomic E-state index is 12.3. The van der Waals surface area contributed by atoms with Crippen molar-refractivity contribution in [2.45, 2.75) is 30.5 Å². The molecule has 2 heterocycles. The number of nitriles is 1. The van der Waals surface area contributed by atoms with Crippen LogP contribution in [-0.2, 0) is 11.3 Å². The maximum atomic E-state index is 12.3. The van der Waals surface area contributed by atoms with Crippen molar-refractivity contribution in [1.29, 1.82) is 5.26 Å². The molecule has 1 N–H and O–H groups in total. The van der Waals surface area contributed by atoms with E-state index >= 15 is 0 Å². The minimum atomic E-state index is -0.152. The van der Waals surface area contributed by atoms with Crippen LogP contribution in [0.25, 0.3) is 0 Å². The van der Waals surface area contributed by atoms with Crippen LogP contribution in [0.15, 0.2) is 46.9 Å². The van der Waals surface area contributed by atoms with Gasteiger partial charge in [0, 0.05) is 5.92 Å². The minimum Gasteiger partial charge on any atom is -0.316 e. The Morgan fingerprint density at radius 2 is 2.11 bits per heavy atom. The molecule has 1 aliphatic rings. The quantitative estimate of drug-likeness (QED) is 0.614. The van der Waals surface area contributed by atoms with Gasteiger partial charge in [0.25, 0.3) is 0 Å². The van der Waals surface area contributed by atoms with Crippen molar-refractivity contribution in [1.82, 2.24) is 14.8 Å². The molecule has 0 aliphatic heterocycles. The summed E-state index contributed by atoms with van der Waals surface area (Å²) in [7, 11) is 0. The van der Waals surface area contributed by atoms with Crippen molar-refractivity contribution >= 4 is 34.0 Å². The summed E-state index contributed by atoms with van der Waals surface area (Å²) in [6, 6.07) is 14.0. The van der Waals surface area contributed by atoms with Crippen LogP contribution in [0.4, 0.5) is 5.00 Å². The second kappa shape index (κ2) is 7.94. The molecule has 1 fully saturated rings. The smallest absolute Gasteiger partial charge is 0.235 e. The predicted molar refractivity (Wildman–Crippen MR) is 106 cm³/mol. The molecule has 0 bridgehead atoms. The normalized spacial score (nSPS) is 13.3. The maximum Gasteiger partial charge on any atom is 0.235 e. The van der Waals surface area contributed by atoms with Gasteiger partial charge in [-0.1, -0.05) is 42.1 Å². The number of thiophene rings is 1. The van der Waals surface area contributed by atoms with Crippen molar-refractivity contribution in [3.63, 3.8) is 0 Å². The van der Waals surface area contributed by atoms with E-state index in [2.05, 4.69) is 38.3 Å². The standard InChI is InChI=1S/C19H17N5OS2/c20-10-15-8-9-26-18(15)21-16(25)12-27-19-23-22-17(14-6-7-14)24(19)11-13-4-2-1-3-5-13/h1-5,8-9,14H,6-7,11-12H2,(H,21,25). The summed E-state index contributed by atoms with van der Waals surface area (Å²) in [6.07, 6.45) is 2.29. The molecule has 8 heteroatoms. The zero-order chi connectivity index (χ0) is 18.6. The van der Waals surface area contributed by atoms with E-state index in [-0.39, 0.29) is 11.7 Å². The molecule has 0 atom stereocenters. The molecule has 136 valence electrons. The van der Waals surface area contributed by atoms with E-state index in [1.165, 1.54) is 28.7 Å². The molecule has 0 saturated heterocycles. The molecule has 6 nitrogen and oxygen atoms in total. The van der Waals surface area contributed by atoms with Gasteiger partial charge in [0.2, 0.25) is 5.91 Å². The van der Waals surface area contributed by atoms with Gasteiger partial charge in [-0.15, -0.1) is 21.5 Å². The molecule has 1 saturated carbocycles. The fourth-order valence-corrected chi connectivity index (χ4v) is 4.25. The number of anilines is 1. The van der Waals surface area contributed by atoms with Crippen LogP contribution in [-0.4, -0.2) is 26.4 Å². The van der Waals surface area contributed by atoms with Gasteiger partial charge >= 0.3 is 0 Å². The topological polar surface area (TPSA) is 83.6 Å².